The van der Waals surface area contributed by atoms with Crippen LogP contribution in [-0.4, -0.2) is 6.61 Å². The van der Waals surface area contributed by atoms with Crippen molar-refractivity contribution in [3.8, 4) is 11.8 Å². The van der Waals surface area contributed by atoms with E-state index in [4.69, 9.17) is 10.00 Å². The molecule has 0 radical (unpaired) electrons. The van der Waals surface area contributed by atoms with E-state index in [1.54, 1.807) is 0 Å². The number of hydrogen-bond donors (Lipinski definition) is 1. The Bertz CT molecular complexity index is 570. The molecule has 2 aromatic carbocycles. The van der Waals surface area contributed by atoms with Gasteiger partial charge in [0.15, 0.2) is 6.61 Å². The van der Waals surface area contributed by atoms with E-state index in [1.807, 2.05) is 42.5 Å². The minimum absolute atomic E-state index is 0.0794. The Hall–Kier alpha value is -2.47. The molecule has 19 heavy (non-hydrogen) atoms. The van der Waals surface area contributed by atoms with Crippen LogP contribution in [0.15, 0.2) is 48.5 Å². The molecule has 2 rings (SSSR count). The van der Waals surface area contributed by atoms with Gasteiger partial charge in [0.1, 0.15) is 11.8 Å². The van der Waals surface area contributed by atoms with Crippen molar-refractivity contribution < 1.29 is 4.74 Å². The number of nitrogens with zero attached hydrogens (tertiary/aromatic N) is 1. The summed E-state index contributed by atoms with van der Waals surface area (Å²) in [6.07, 6.45) is 0. The quantitative estimate of drug-likeness (QED) is 0.885. The van der Waals surface area contributed by atoms with Crippen LogP contribution in [0.5, 0.6) is 5.75 Å². The summed E-state index contributed by atoms with van der Waals surface area (Å²) >= 11 is 0. The van der Waals surface area contributed by atoms with Gasteiger partial charge in [-0.15, -0.1) is 0 Å². The van der Waals surface area contributed by atoms with Crippen molar-refractivity contribution in [3.05, 3.63) is 59.7 Å². The number of ether oxygens (including phenoxy) is 1. The minimum Gasteiger partial charge on any atom is -0.479 e. The van der Waals surface area contributed by atoms with Gasteiger partial charge in [-0.2, -0.15) is 5.26 Å². The molecule has 0 atom stereocenters. The van der Waals surface area contributed by atoms with Crippen molar-refractivity contribution in [2.24, 2.45) is 0 Å². The van der Waals surface area contributed by atoms with Crippen molar-refractivity contribution in [3.63, 3.8) is 0 Å². The summed E-state index contributed by atoms with van der Waals surface area (Å²) in [6.45, 7) is 2.98. The predicted octanol–water partition coefficient (Wildman–Crippen LogP) is 3.51. The fourth-order valence-corrected chi connectivity index (χ4v) is 1.79. The summed E-state index contributed by atoms with van der Waals surface area (Å²) < 4.78 is 5.20. The molecule has 0 heterocycles. The molecular weight excluding hydrogens is 236 g/mol. The van der Waals surface area contributed by atoms with Crippen LogP contribution >= 0.6 is 0 Å². The smallest absolute Gasteiger partial charge is 0.174 e. The van der Waals surface area contributed by atoms with Crippen molar-refractivity contribution in [2.75, 3.05) is 11.9 Å². The molecule has 0 aliphatic heterocycles. The summed E-state index contributed by atoms with van der Waals surface area (Å²) in [4.78, 5) is 0. The summed E-state index contributed by atoms with van der Waals surface area (Å²) in [5.41, 5.74) is 3.60. The van der Waals surface area contributed by atoms with Crippen LogP contribution in [0.1, 0.15) is 11.1 Å². The number of nitriles is 1. The number of rotatable bonds is 5. The third kappa shape index (κ3) is 3.75. The van der Waals surface area contributed by atoms with Gasteiger partial charge in [0, 0.05) is 12.2 Å². The molecule has 2 aromatic rings. The number of benzene rings is 2. The highest BCUT2D eigenvalue weighted by molar-refractivity contribution is 5.47. The molecule has 3 heteroatoms. The number of aryl methyl sites for hydroxylation is 1. The SMILES string of the molecule is Cc1ccccc1CNc1ccc(OCC#N)cc1. The first-order valence-electron chi connectivity index (χ1n) is 6.18. The summed E-state index contributed by atoms with van der Waals surface area (Å²) in [6, 6.07) is 17.9. The summed E-state index contributed by atoms with van der Waals surface area (Å²) in [5.74, 6) is 0.711. The van der Waals surface area contributed by atoms with Crippen LogP contribution < -0.4 is 10.1 Å². The van der Waals surface area contributed by atoms with Crippen LogP contribution in [0.2, 0.25) is 0 Å². The highest BCUT2D eigenvalue weighted by atomic mass is 16.5. The molecule has 0 amide bonds. The van der Waals surface area contributed by atoms with Gasteiger partial charge in [-0.3, -0.25) is 0 Å². The number of nitrogens with one attached hydrogen (secondary N) is 1. The Kier molecular flexibility index (Phi) is 4.41. The Balaban J connectivity index is 1.93. The maximum Gasteiger partial charge on any atom is 0.174 e. The Morgan fingerprint density at radius 1 is 1.11 bits per heavy atom. The Morgan fingerprint density at radius 2 is 1.84 bits per heavy atom. The first kappa shape index (κ1) is 13.0. The highest BCUT2D eigenvalue weighted by Crippen LogP contribution is 2.17. The van der Waals surface area contributed by atoms with E-state index >= 15 is 0 Å². The van der Waals surface area contributed by atoms with Gasteiger partial charge in [0.2, 0.25) is 0 Å². The maximum atomic E-state index is 8.43. The average Bonchev–Trinajstić information content (AvgIpc) is 2.45. The predicted molar refractivity (Wildman–Crippen MR) is 76.1 cm³/mol. The fourth-order valence-electron chi connectivity index (χ4n) is 1.79. The van der Waals surface area contributed by atoms with E-state index in [2.05, 4.69) is 24.4 Å². The van der Waals surface area contributed by atoms with Crippen LogP contribution in [0.4, 0.5) is 5.69 Å². The molecule has 0 spiro atoms. The van der Waals surface area contributed by atoms with E-state index in [0.29, 0.717) is 5.75 Å². The minimum atomic E-state index is 0.0794. The molecule has 1 N–H and O–H groups in total. The van der Waals surface area contributed by atoms with Crippen LogP contribution in [-0.2, 0) is 6.54 Å². The lowest BCUT2D eigenvalue weighted by molar-refractivity contribution is 0.368. The Labute approximate surface area is 113 Å². The van der Waals surface area contributed by atoms with E-state index < -0.39 is 0 Å². The third-order valence-corrected chi connectivity index (χ3v) is 2.90. The van der Waals surface area contributed by atoms with Crippen LogP contribution in [0.3, 0.4) is 0 Å². The van der Waals surface area contributed by atoms with Crippen LogP contribution in [0.25, 0.3) is 0 Å². The topological polar surface area (TPSA) is 45.0 Å². The molecule has 0 aromatic heterocycles. The van der Waals surface area contributed by atoms with Crippen LogP contribution in [0, 0.1) is 18.3 Å². The molecule has 0 fully saturated rings. The van der Waals surface area contributed by atoms with Gasteiger partial charge >= 0.3 is 0 Å². The molecule has 3 nitrogen and oxygen atoms in total. The molecule has 0 unspecified atom stereocenters. The van der Waals surface area contributed by atoms with E-state index in [9.17, 15) is 0 Å². The standard InChI is InChI=1S/C16H16N2O/c1-13-4-2-3-5-14(13)12-18-15-6-8-16(9-7-15)19-11-10-17/h2-9,18H,11-12H2,1H3. The van der Waals surface area contributed by atoms with Crippen molar-refractivity contribution in [2.45, 2.75) is 13.5 Å². The lowest BCUT2D eigenvalue weighted by atomic mass is 10.1. The molecule has 0 saturated carbocycles. The fraction of sp³-hybridized carbons (Fsp3) is 0.188. The highest BCUT2D eigenvalue weighted by Gasteiger charge is 1.98. The van der Waals surface area contributed by atoms with Crippen molar-refractivity contribution in [1.82, 2.24) is 0 Å². The lowest BCUT2D eigenvalue weighted by Gasteiger charge is -2.09. The largest absolute Gasteiger partial charge is 0.479 e. The van der Waals surface area contributed by atoms with E-state index in [0.717, 1.165) is 12.2 Å². The first-order valence-corrected chi connectivity index (χ1v) is 6.18. The van der Waals surface area contributed by atoms with Gasteiger partial charge in [-0.05, 0) is 42.3 Å². The molecule has 96 valence electrons. The van der Waals surface area contributed by atoms with Gasteiger partial charge in [-0.1, -0.05) is 24.3 Å². The summed E-state index contributed by atoms with van der Waals surface area (Å²) in [7, 11) is 0. The number of anilines is 1. The van der Waals surface area contributed by atoms with Crippen molar-refractivity contribution in [1.29, 1.82) is 5.26 Å². The third-order valence-electron chi connectivity index (χ3n) is 2.90. The van der Waals surface area contributed by atoms with Crippen molar-refractivity contribution >= 4 is 5.69 Å². The second kappa shape index (κ2) is 6.46. The zero-order valence-electron chi connectivity index (χ0n) is 10.9. The monoisotopic (exact) mass is 252 g/mol. The molecule has 0 aliphatic rings. The normalized spacial score (nSPS) is 9.68. The van der Waals surface area contributed by atoms with E-state index in [1.165, 1.54) is 11.1 Å². The second-order valence-electron chi connectivity index (χ2n) is 4.25. The maximum absolute atomic E-state index is 8.43. The zero-order chi connectivity index (χ0) is 13.5. The molecule has 0 bridgehead atoms. The van der Waals surface area contributed by atoms with E-state index in [-0.39, 0.29) is 6.61 Å². The average molecular weight is 252 g/mol. The molecular formula is C16H16N2O. The molecule has 0 saturated heterocycles. The first-order chi connectivity index (χ1) is 9.29. The van der Waals surface area contributed by atoms with Gasteiger partial charge < -0.3 is 10.1 Å². The summed E-state index contributed by atoms with van der Waals surface area (Å²) in [5, 5.41) is 11.8. The lowest BCUT2D eigenvalue weighted by Crippen LogP contribution is -2.01. The molecule has 0 aliphatic carbocycles. The van der Waals surface area contributed by atoms with Gasteiger partial charge in [0.05, 0.1) is 0 Å². The Morgan fingerprint density at radius 3 is 2.53 bits per heavy atom. The van der Waals surface area contributed by atoms with Gasteiger partial charge in [0.25, 0.3) is 0 Å². The van der Waals surface area contributed by atoms with Gasteiger partial charge in [-0.25, -0.2) is 0 Å². The number of hydrogen-bond acceptors (Lipinski definition) is 3. The second-order valence-corrected chi connectivity index (χ2v) is 4.25. The zero-order valence-corrected chi connectivity index (χ0v) is 10.9.